The molecule has 0 bridgehead atoms. The standard InChI is InChI=1S/C21H22Cl2N4OS/c1-29-15-9-19(27(12-15)11-13-6-7-14(22)8-16(13)23)21(28)24-10-20-25-17-4-2-3-5-18(17)26-20/h2-8,15,19H,9-12H2,1H3,(H,24,28)(H,25,26)/t15-,19+/m1/s1. The quantitative estimate of drug-likeness (QED) is 0.582. The van der Waals surface area contributed by atoms with Crippen molar-refractivity contribution in [1.82, 2.24) is 20.2 Å². The number of halogens is 2. The summed E-state index contributed by atoms with van der Waals surface area (Å²) in [6, 6.07) is 13.2. The van der Waals surface area contributed by atoms with E-state index in [0.717, 1.165) is 35.4 Å². The van der Waals surface area contributed by atoms with Crippen molar-refractivity contribution in [3.63, 3.8) is 0 Å². The fourth-order valence-electron chi connectivity index (χ4n) is 3.73. The molecule has 0 radical (unpaired) electrons. The van der Waals surface area contributed by atoms with Crippen molar-refractivity contribution < 1.29 is 4.79 Å². The Hall–Kier alpha value is -1.73. The van der Waals surface area contributed by atoms with Crippen LogP contribution in [0.4, 0.5) is 0 Å². The summed E-state index contributed by atoms with van der Waals surface area (Å²) in [7, 11) is 0. The number of imidazole rings is 1. The van der Waals surface area contributed by atoms with Gasteiger partial charge in [0.25, 0.3) is 0 Å². The van der Waals surface area contributed by atoms with Gasteiger partial charge in [-0.1, -0.05) is 41.4 Å². The number of carbonyl (C=O) groups is 1. The summed E-state index contributed by atoms with van der Waals surface area (Å²) in [6.07, 6.45) is 2.91. The molecule has 1 amide bonds. The molecule has 2 heterocycles. The summed E-state index contributed by atoms with van der Waals surface area (Å²) < 4.78 is 0. The van der Waals surface area contributed by atoms with Crippen LogP contribution in [0.3, 0.4) is 0 Å². The van der Waals surface area contributed by atoms with Crippen LogP contribution in [0.2, 0.25) is 10.0 Å². The molecule has 0 saturated carbocycles. The van der Waals surface area contributed by atoms with Crippen LogP contribution < -0.4 is 5.32 Å². The fraction of sp³-hybridized carbons (Fsp3) is 0.333. The lowest BCUT2D eigenvalue weighted by atomic mass is 10.1. The Balaban J connectivity index is 1.44. The molecule has 3 aromatic rings. The number of thioether (sulfide) groups is 1. The van der Waals surface area contributed by atoms with Crippen molar-refractivity contribution in [2.45, 2.75) is 30.8 Å². The molecule has 0 spiro atoms. The van der Waals surface area contributed by atoms with E-state index in [0.29, 0.717) is 28.4 Å². The number of fused-ring (bicyclic) bond motifs is 1. The highest BCUT2D eigenvalue weighted by molar-refractivity contribution is 7.99. The Morgan fingerprint density at radius 2 is 2.14 bits per heavy atom. The Morgan fingerprint density at radius 3 is 2.90 bits per heavy atom. The van der Waals surface area contributed by atoms with Gasteiger partial charge in [0.2, 0.25) is 5.91 Å². The molecule has 1 aliphatic rings. The van der Waals surface area contributed by atoms with Crippen LogP contribution in [-0.2, 0) is 17.9 Å². The number of H-pyrrole nitrogens is 1. The lowest BCUT2D eigenvalue weighted by molar-refractivity contribution is -0.125. The lowest BCUT2D eigenvalue weighted by Gasteiger charge is -2.24. The number of nitrogens with one attached hydrogen (secondary N) is 2. The highest BCUT2D eigenvalue weighted by atomic mass is 35.5. The van der Waals surface area contributed by atoms with E-state index >= 15 is 0 Å². The minimum Gasteiger partial charge on any atom is -0.348 e. The van der Waals surface area contributed by atoms with Crippen LogP contribution in [0.25, 0.3) is 11.0 Å². The van der Waals surface area contributed by atoms with Gasteiger partial charge in [0, 0.05) is 28.4 Å². The van der Waals surface area contributed by atoms with E-state index in [2.05, 4.69) is 26.4 Å². The third kappa shape index (κ3) is 4.72. The SMILES string of the molecule is CS[C@@H]1C[C@@H](C(=O)NCc2nc3ccccc3[nH]2)N(Cc2ccc(Cl)cc2Cl)C1. The fourth-order valence-corrected chi connectivity index (χ4v) is 4.91. The number of amides is 1. The Kier molecular flexibility index (Phi) is 6.35. The number of hydrogen-bond donors (Lipinski definition) is 2. The molecular weight excluding hydrogens is 427 g/mol. The third-order valence-corrected chi connectivity index (χ3v) is 6.85. The molecule has 0 aliphatic carbocycles. The van der Waals surface area contributed by atoms with Gasteiger partial charge in [-0.25, -0.2) is 4.98 Å². The summed E-state index contributed by atoms with van der Waals surface area (Å²) in [4.78, 5) is 23.0. The van der Waals surface area contributed by atoms with Crippen LogP contribution in [0.15, 0.2) is 42.5 Å². The van der Waals surface area contributed by atoms with Gasteiger partial charge in [-0.05, 0) is 42.5 Å². The van der Waals surface area contributed by atoms with Crippen LogP contribution in [0.1, 0.15) is 17.8 Å². The van der Waals surface area contributed by atoms with Crippen molar-refractivity contribution >= 4 is 51.9 Å². The van der Waals surface area contributed by atoms with Gasteiger partial charge >= 0.3 is 0 Å². The van der Waals surface area contributed by atoms with Crippen LogP contribution in [0, 0.1) is 0 Å². The third-order valence-electron chi connectivity index (χ3n) is 5.26. The molecule has 2 atom stereocenters. The van der Waals surface area contributed by atoms with Crippen molar-refractivity contribution in [2.75, 3.05) is 12.8 Å². The number of rotatable bonds is 6. The average molecular weight is 449 g/mol. The topological polar surface area (TPSA) is 61.0 Å². The van der Waals surface area contributed by atoms with Gasteiger partial charge in [0.1, 0.15) is 5.82 Å². The minimum atomic E-state index is -0.191. The predicted octanol–water partition coefficient (Wildman–Crippen LogP) is 4.49. The summed E-state index contributed by atoms with van der Waals surface area (Å²) in [5.41, 5.74) is 2.85. The molecule has 29 heavy (non-hydrogen) atoms. The number of likely N-dealkylation sites (tertiary alicyclic amines) is 1. The smallest absolute Gasteiger partial charge is 0.237 e. The number of hydrogen-bond acceptors (Lipinski definition) is 4. The average Bonchev–Trinajstić information content (AvgIpc) is 3.31. The van der Waals surface area contributed by atoms with Gasteiger partial charge < -0.3 is 10.3 Å². The molecule has 1 saturated heterocycles. The van der Waals surface area contributed by atoms with E-state index < -0.39 is 0 Å². The normalized spacial score (nSPS) is 19.7. The van der Waals surface area contributed by atoms with Crippen LogP contribution in [0.5, 0.6) is 0 Å². The van der Waals surface area contributed by atoms with Gasteiger partial charge in [-0.15, -0.1) is 0 Å². The zero-order valence-corrected chi connectivity index (χ0v) is 18.3. The maximum atomic E-state index is 13.0. The van der Waals surface area contributed by atoms with E-state index in [4.69, 9.17) is 23.2 Å². The van der Waals surface area contributed by atoms with Gasteiger partial charge in [0.05, 0.1) is 23.6 Å². The second-order valence-corrected chi connectivity index (χ2v) is 9.17. The Labute approximate surface area is 184 Å². The first-order chi connectivity index (χ1) is 14.0. The van der Waals surface area contributed by atoms with Crippen molar-refractivity contribution in [1.29, 1.82) is 0 Å². The molecule has 8 heteroatoms. The molecule has 1 fully saturated rings. The molecule has 5 nitrogen and oxygen atoms in total. The molecule has 2 N–H and O–H groups in total. The van der Waals surface area contributed by atoms with E-state index in [9.17, 15) is 4.79 Å². The Bertz CT molecular complexity index is 992. The summed E-state index contributed by atoms with van der Waals surface area (Å²) in [5, 5.41) is 4.71. The lowest BCUT2D eigenvalue weighted by Crippen LogP contribution is -2.42. The highest BCUT2D eigenvalue weighted by Gasteiger charge is 2.36. The van der Waals surface area contributed by atoms with Gasteiger partial charge in [-0.2, -0.15) is 11.8 Å². The van der Waals surface area contributed by atoms with Crippen LogP contribution >= 0.6 is 35.0 Å². The Morgan fingerprint density at radius 1 is 1.31 bits per heavy atom. The van der Waals surface area contributed by atoms with Gasteiger partial charge in [-0.3, -0.25) is 9.69 Å². The summed E-state index contributed by atoms with van der Waals surface area (Å²) in [6.45, 7) is 1.85. The first-order valence-electron chi connectivity index (χ1n) is 9.45. The van der Waals surface area contributed by atoms with Crippen molar-refractivity contribution in [2.24, 2.45) is 0 Å². The maximum absolute atomic E-state index is 13.0. The van der Waals surface area contributed by atoms with E-state index in [1.807, 2.05) is 36.4 Å². The van der Waals surface area contributed by atoms with Gasteiger partial charge in [0.15, 0.2) is 0 Å². The first kappa shape index (κ1) is 20.5. The number of para-hydroxylation sites is 2. The minimum absolute atomic E-state index is 0.0205. The number of aromatic nitrogens is 2. The zero-order chi connectivity index (χ0) is 20.4. The second-order valence-electron chi connectivity index (χ2n) is 7.19. The number of carbonyl (C=O) groups excluding carboxylic acids is 1. The predicted molar refractivity (Wildman–Crippen MR) is 121 cm³/mol. The van der Waals surface area contributed by atoms with Crippen molar-refractivity contribution in [3.8, 4) is 0 Å². The molecule has 4 rings (SSSR count). The van der Waals surface area contributed by atoms with E-state index in [1.165, 1.54) is 0 Å². The van der Waals surface area contributed by atoms with E-state index in [1.54, 1.807) is 17.8 Å². The summed E-state index contributed by atoms with van der Waals surface area (Å²) in [5.74, 6) is 0.776. The highest BCUT2D eigenvalue weighted by Crippen LogP contribution is 2.30. The second kappa shape index (κ2) is 8.96. The molecule has 152 valence electrons. The van der Waals surface area contributed by atoms with E-state index in [-0.39, 0.29) is 11.9 Å². The summed E-state index contributed by atoms with van der Waals surface area (Å²) >= 11 is 14.2. The molecule has 0 unspecified atom stereocenters. The molecular formula is C21H22Cl2N4OS. The zero-order valence-electron chi connectivity index (χ0n) is 16.0. The number of benzene rings is 2. The molecule has 1 aromatic heterocycles. The number of aromatic amines is 1. The largest absolute Gasteiger partial charge is 0.348 e. The van der Waals surface area contributed by atoms with Crippen molar-refractivity contribution in [3.05, 3.63) is 63.9 Å². The monoisotopic (exact) mass is 448 g/mol. The maximum Gasteiger partial charge on any atom is 0.237 e. The first-order valence-corrected chi connectivity index (χ1v) is 11.5. The molecule has 1 aliphatic heterocycles. The molecule has 2 aromatic carbocycles. The van der Waals surface area contributed by atoms with Crippen LogP contribution in [-0.4, -0.2) is 44.9 Å². The number of nitrogens with zero attached hydrogens (tertiary/aromatic N) is 2.